The molecule has 0 aliphatic rings. The van der Waals surface area contributed by atoms with Crippen molar-refractivity contribution in [3.63, 3.8) is 0 Å². The standard InChI is InChI=1S/C13H16N2O3S/c1-13(2,3)11(18)15-12(19)14-9-7-5-4-6-8(9)10(16)17/h4-7H,1-3H3,(H,16,17)(H2,14,15,18,19). The Kier molecular flexibility index (Phi) is 4.61. The first-order valence-electron chi connectivity index (χ1n) is 5.66. The number of carboxylic acids is 1. The van der Waals surface area contributed by atoms with Gasteiger partial charge in [0.1, 0.15) is 0 Å². The van der Waals surface area contributed by atoms with E-state index in [-0.39, 0.29) is 16.6 Å². The van der Waals surface area contributed by atoms with Crippen molar-refractivity contribution in [3.05, 3.63) is 29.8 Å². The number of carbonyl (C=O) groups excluding carboxylic acids is 1. The van der Waals surface area contributed by atoms with E-state index in [1.165, 1.54) is 6.07 Å². The Morgan fingerprint density at radius 1 is 1.21 bits per heavy atom. The van der Waals surface area contributed by atoms with E-state index in [4.69, 9.17) is 17.3 Å². The Labute approximate surface area is 117 Å². The Hall–Kier alpha value is -1.95. The van der Waals surface area contributed by atoms with Crippen LogP contribution in [-0.2, 0) is 4.79 Å². The molecule has 1 aromatic rings. The summed E-state index contributed by atoms with van der Waals surface area (Å²) in [4.78, 5) is 22.7. The smallest absolute Gasteiger partial charge is 0.337 e. The van der Waals surface area contributed by atoms with Crippen molar-refractivity contribution in [2.45, 2.75) is 20.8 Å². The normalized spacial score (nSPS) is 10.7. The summed E-state index contributed by atoms with van der Waals surface area (Å²) in [5, 5.41) is 14.3. The highest BCUT2D eigenvalue weighted by Gasteiger charge is 2.22. The zero-order valence-corrected chi connectivity index (χ0v) is 11.8. The molecule has 3 N–H and O–H groups in total. The summed E-state index contributed by atoms with van der Waals surface area (Å²) in [5.41, 5.74) is -0.137. The van der Waals surface area contributed by atoms with Crippen molar-refractivity contribution >= 4 is 34.9 Å². The summed E-state index contributed by atoms with van der Waals surface area (Å²) in [6, 6.07) is 6.34. The molecule has 1 aromatic carbocycles. The summed E-state index contributed by atoms with van der Waals surface area (Å²) in [6.07, 6.45) is 0. The van der Waals surface area contributed by atoms with Gasteiger partial charge in [-0.05, 0) is 24.4 Å². The maximum atomic E-state index is 11.7. The summed E-state index contributed by atoms with van der Waals surface area (Å²) < 4.78 is 0. The Morgan fingerprint density at radius 2 is 1.79 bits per heavy atom. The van der Waals surface area contributed by atoms with Crippen molar-refractivity contribution in [1.82, 2.24) is 5.32 Å². The van der Waals surface area contributed by atoms with E-state index in [2.05, 4.69) is 10.6 Å². The molecule has 0 saturated carbocycles. The molecular formula is C13H16N2O3S. The highest BCUT2D eigenvalue weighted by molar-refractivity contribution is 7.80. The van der Waals surface area contributed by atoms with E-state index in [0.717, 1.165) is 0 Å². The van der Waals surface area contributed by atoms with Crippen molar-refractivity contribution in [1.29, 1.82) is 0 Å². The van der Waals surface area contributed by atoms with E-state index >= 15 is 0 Å². The lowest BCUT2D eigenvalue weighted by molar-refractivity contribution is -0.126. The van der Waals surface area contributed by atoms with Crippen LogP contribution in [-0.4, -0.2) is 22.1 Å². The molecule has 102 valence electrons. The van der Waals surface area contributed by atoms with Gasteiger partial charge in [-0.15, -0.1) is 0 Å². The molecule has 0 unspecified atom stereocenters. The van der Waals surface area contributed by atoms with E-state index in [9.17, 15) is 9.59 Å². The summed E-state index contributed by atoms with van der Waals surface area (Å²) in [7, 11) is 0. The van der Waals surface area contributed by atoms with Gasteiger partial charge in [-0.2, -0.15) is 0 Å². The molecule has 0 bridgehead atoms. The number of amides is 1. The van der Waals surface area contributed by atoms with Gasteiger partial charge in [-0.3, -0.25) is 4.79 Å². The van der Waals surface area contributed by atoms with Gasteiger partial charge in [-0.25, -0.2) is 4.79 Å². The van der Waals surface area contributed by atoms with Gasteiger partial charge < -0.3 is 15.7 Å². The first-order chi connectivity index (χ1) is 8.71. The number of para-hydroxylation sites is 1. The Balaban J connectivity index is 2.79. The first kappa shape index (κ1) is 15.1. The molecule has 0 aliphatic heterocycles. The molecule has 0 spiro atoms. The van der Waals surface area contributed by atoms with Gasteiger partial charge in [0.25, 0.3) is 0 Å². The van der Waals surface area contributed by atoms with Crippen LogP contribution in [0.25, 0.3) is 0 Å². The van der Waals surface area contributed by atoms with Crippen LogP contribution >= 0.6 is 12.2 Å². The van der Waals surface area contributed by atoms with Crippen LogP contribution < -0.4 is 10.6 Å². The number of hydrogen-bond acceptors (Lipinski definition) is 3. The predicted molar refractivity (Wildman–Crippen MR) is 77.2 cm³/mol. The highest BCUT2D eigenvalue weighted by atomic mass is 32.1. The van der Waals surface area contributed by atoms with Gasteiger partial charge in [0, 0.05) is 5.41 Å². The Morgan fingerprint density at radius 3 is 2.32 bits per heavy atom. The largest absolute Gasteiger partial charge is 0.478 e. The van der Waals surface area contributed by atoms with Crippen molar-refractivity contribution in [3.8, 4) is 0 Å². The summed E-state index contributed by atoms with van der Waals surface area (Å²) in [5.74, 6) is -1.30. The van der Waals surface area contributed by atoms with Crippen LogP contribution in [0.4, 0.5) is 5.69 Å². The topological polar surface area (TPSA) is 78.4 Å². The molecule has 19 heavy (non-hydrogen) atoms. The van der Waals surface area contributed by atoms with Crippen LogP contribution in [0.5, 0.6) is 0 Å². The second-order valence-corrected chi connectivity index (χ2v) is 5.42. The third kappa shape index (κ3) is 4.33. The van der Waals surface area contributed by atoms with Crippen LogP contribution in [0.2, 0.25) is 0 Å². The number of carboxylic acid groups (broad SMARTS) is 1. The van der Waals surface area contributed by atoms with Crippen molar-refractivity contribution in [2.24, 2.45) is 5.41 Å². The summed E-state index contributed by atoms with van der Waals surface area (Å²) in [6.45, 7) is 5.28. The maximum absolute atomic E-state index is 11.7. The molecule has 0 heterocycles. The van der Waals surface area contributed by atoms with E-state index in [1.807, 2.05) is 0 Å². The van der Waals surface area contributed by atoms with Crippen molar-refractivity contribution in [2.75, 3.05) is 5.32 Å². The number of aromatic carboxylic acids is 1. The van der Waals surface area contributed by atoms with Crippen LogP contribution in [0.15, 0.2) is 24.3 Å². The average molecular weight is 280 g/mol. The number of anilines is 1. The molecule has 0 aromatic heterocycles. The quantitative estimate of drug-likeness (QED) is 0.724. The SMILES string of the molecule is CC(C)(C)C(=O)NC(=S)Nc1ccccc1C(=O)O. The van der Waals surface area contributed by atoms with Gasteiger partial charge >= 0.3 is 5.97 Å². The number of hydrogen-bond donors (Lipinski definition) is 3. The van der Waals surface area contributed by atoms with Gasteiger partial charge in [-0.1, -0.05) is 32.9 Å². The lowest BCUT2D eigenvalue weighted by atomic mass is 9.96. The second-order valence-electron chi connectivity index (χ2n) is 5.01. The lowest BCUT2D eigenvalue weighted by Crippen LogP contribution is -2.41. The minimum Gasteiger partial charge on any atom is -0.478 e. The second kappa shape index (κ2) is 5.79. The lowest BCUT2D eigenvalue weighted by Gasteiger charge is -2.19. The van der Waals surface area contributed by atoms with Crippen LogP contribution in [0, 0.1) is 5.41 Å². The zero-order chi connectivity index (χ0) is 14.6. The molecule has 5 nitrogen and oxygen atoms in total. The van der Waals surface area contributed by atoms with E-state index < -0.39 is 11.4 Å². The molecule has 0 radical (unpaired) electrons. The fourth-order valence-corrected chi connectivity index (χ4v) is 1.43. The maximum Gasteiger partial charge on any atom is 0.337 e. The van der Waals surface area contributed by atoms with Crippen molar-refractivity contribution < 1.29 is 14.7 Å². The molecule has 0 saturated heterocycles. The van der Waals surface area contributed by atoms with Crippen LogP contribution in [0.1, 0.15) is 31.1 Å². The number of thiocarbonyl (C=S) groups is 1. The molecule has 0 atom stereocenters. The van der Waals surface area contributed by atoms with Gasteiger partial charge in [0.2, 0.25) is 5.91 Å². The number of rotatable bonds is 2. The van der Waals surface area contributed by atoms with Gasteiger partial charge in [0.15, 0.2) is 5.11 Å². The molecule has 6 heteroatoms. The molecule has 0 fully saturated rings. The average Bonchev–Trinajstić information content (AvgIpc) is 2.27. The summed E-state index contributed by atoms with van der Waals surface area (Å²) >= 11 is 4.99. The van der Waals surface area contributed by atoms with Gasteiger partial charge in [0.05, 0.1) is 11.3 Å². The first-order valence-corrected chi connectivity index (χ1v) is 6.07. The highest BCUT2D eigenvalue weighted by Crippen LogP contribution is 2.16. The molecular weight excluding hydrogens is 264 g/mol. The zero-order valence-electron chi connectivity index (χ0n) is 11.0. The third-order valence-corrected chi connectivity index (χ3v) is 2.52. The predicted octanol–water partition coefficient (Wildman–Crippen LogP) is 2.24. The number of carbonyl (C=O) groups is 2. The Bertz CT molecular complexity index is 521. The number of benzene rings is 1. The number of nitrogens with one attached hydrogen (secondary N) is 2. The van der Waals surface area contributed by atoms with Crippen LogP contribution in [0.3, 0.4) is 0 Å². The van der Waals surface area contributed by atoms with E-state index in [0.29, 0.717) is 5.69 Å². The minimum atomic E-state index is -1.06. The molecule has 1 rings (SSSR count). The monoisotopic (exact) mass is 280 g/mol. The van der Waals surface area contributed by atoms with E-state index in [1.54, 1.807) is 39.0 Å². The minimum absolute atomic E-state index is 0.0774. The molecule has 0 aliphatic carbocycles. The third-order valence-electron chi connectivity index (χ3n) is 2.31. The molecule has 1 amide bonds. The fourth-order valence-electron chi connectivity index (χ4n) is 1.22. The fraction of sp³-hybridized carbons (Fsp3) is 0.308.